The molecule has 0 atom stereocenters. The number of rotatable bonds is 7. The first-order valence-electron chi connectivity index (χ1n) is 9.43. The minimum absolute atomic E-state index is 0.530. The van der Waals surface area contributed by atoms with Gasteiger partial charge in [-0.3, -0.25) is 0 Å². The highest BCUT2D eigenvalue weighted by atomic mass is 31.1. The van der Waals surface area contributed by atoms with Crippen molar-refractivity contribution in [1.82, 2.24) is 0 Å². The van der Waals surface area contributed by atoms with E-state index in [1.807, 2.05) is 0 Å². The van der Waals surface area contributed by atoms with Crippen LogP contribution in [-0.4, -0.2) is 8.07 Å². The van der Waals surface area contributed by atoms with Crippen LogP contribution in [0, 0.1) is 0 Å². The highest BCUT2D eigenvalue weighted by molar-refractivity contribution is 7.79. The highest BCUT2D eigenvalue weighted by Gasteiger charge is 2.47. The predicted molar refractivity (Wildman–Crippen MR) is 119 cm³/mol. The summed E-state index contributed by atoms with van der Waals surface area (Å²) in [5.41, 5.74) is 2.08. The molecular weight excluding hydrogens is 335 g/mol. The molecule has 0 spiro atoms. The fourth-order valence-electron chi connectivity index (χ4n) is 4.81. The summed E-state index contributed by atoms with van der Waals surface area (Å²) in [7, 11) is -2.26. The molecule has 0 saturated carbocycles. The lowest BCUT2D eigenvalue weighted by Gasteiger charge is -2.47. The Bertz CT molecular complexity index is 612. The Balaban J connectivity index is 2.66. The molecule has 134 valence electrons. The molecule has 0 nitrogen and oxygen atoms in total. The third kappa shape index (κ3) is 3.83. The van der Waals surface area contributed by atoms with E-state index < -0.39 is 16.0 Å². The van der Waals surface area contributed by atoms with Crippen molar-refractivity contribution in [2.24, 2.45) is 0 Å². The van der Waals surface area contributed by atoms with Gasteiger partial charge in [-0.25, -0.2) is 0 Å². The van der Waals surface area contributed by atoms with Gasteiger partial charge in [-0.1, -0.05) is 114 Å². The Kier molecular flexibility index (Phi) is 6.83. The first kappa shape index (κ1) is 20.1. The van der Waals surface area contributed by atoms with Gasteiger partial charge in [0.1, 0.15) is 0 Å². The predicted octanol–water partition coefficient (Wildman–Crippen LogP) is 6.85. The monoisotopic (exact) mass is 368 g/mol. The van der Waals surface area contributed by atoms with Gasteiger partial charge in [-0.05, 0) is 35.2 Å². The van der Waals surface area contributed by atoms with E-state index in [-0.39, 0.29) is 0 Å². The maximum absolute atomic E-state index is 4.83. The minimum Gasteiger partial charge on any atom is -0.0987 e. The lowest BCUT2D eigenvalue weighted by Crippen LogP contribution is -2.47. The van der Waals surface area contributed by atoms with E-state index in [9.17, 15) is 0 Å². The Morgan fingerprint density at radius 2 is 1.00 bits per heavy atom. The molecule has 0 bridgehead atoms. The largest absolute Gasteiger partial charge is 0.0987 e. The fourth-order valence-corrected chi connectivity index (χ4v) is 17.3. The van der Waals surface area contributed by atoms with Crippen molar-refractivity contribution in [3.63, 3.8) is 0 Å². The van der Waals surface area contributed by atoms with Crippen molar-refractivity contribution < 1.29 is 0 Å². The van der Waals surface area contributed by atoms with Crippen LogP contribution in [0.5, 0.6) is 0 Å². The van der Waals surface area contributed by atoms with Crippen molar-refractivity contribution >= 4 is 26.6 Å². The average Bonchev–Trinajstić information content (AvgIpc) is 2.56. The summed E-state index contributed by atoms with van der Waals surface area (Å²) in [6.07, 6.45) is 0. The van der Waals surface area contributed by atoms with Crippen LogP contribution < -0.4 is 10.6 Å². The summed E-state index contributed by atoms with van der Waals surface area (Å²) in [5, 5.41) is 2.88. The maximum Gasteiger partial charge on any atom is 0.0949 e. The van der Waals surface area contributed by atoms with Crippen molar-refractivity contribution in [3.8, 4) is 0 Å². The second-order valence-corrected chi connectivity index (χ2v) is 16.4. The van der Waals surface area contributed by atoms with Gasteiger partial charge in [0.25, 0.3) is 0 Å². The lowest BCUT2D eigenvalue weighted by atomic mass is 10.4. The van der Waals surface area contributed by atoms with Crippen LogP contribution in [0.2, 0.25) is 16.6 Å². The molecule has 0 aromatic heterocycles. The molecular formula is C23H33PSi. The lowest BCUT2D eigenvalue weighted by molar-refractivity contribution is 0.831. The summed E-state index contributed by atoms with van der Waals surface area (Å²) >= 11 is 0. The molecule has 0 aliphatic rings. The number of benzene rings is 2. The number of hydrogen-bond donors (Lipinski definition) is 0. The molecule has 25 heavy (non-hydrogen) atoms. The van der Waals surface area contributed by atoms with Gasteiger partial charge in [0.05, 0.1) is 8.07 Å². The van der Waals surface area contributed by atoms with Crippen LogP contribution >= 0.6 is 7.92 Å². The van der Waals surface area contributed by atoms with Crippen LogP contribution in [0.25, 0.3) is 0 Å². The van der Waals surface area contributed by atoms with Gasteiger partial charge in [-0.15, -0.1) is 0 Å². The van der Waals surface area contributed by atoms with Crippen molar-refractivity contribution in [1.29, 1.82) is 0 Å². The van der Waals surface area contributed by atoms with E-state index in [0.717, 1.165) is 0 Å². The molecule has 2 rings (SSSR count). The molecule has 0 aliphatic heterocycles. The van der Waals surface area contributed by atoms with Crippen LogP contribution in [0.15, 0.2) is 72.2 Å². The van der Waals surface area contributed by atoms with Crippen LogP contribution in [0.3, 0.4) is 0 Å². The SMILES string of the molecule is C=C(P(c1ccccc1)c1ccccc1)[Si](C(C)C)(C(C)C)C(C)C. The van der Waals surface area contributed by atoms with Gasteiger partial charge in [0.15, 0.2) is 0 Å². The molecule has 0 amide bonds. The molecule has 0 saturated heterocycles. The highest BCUT2D eigenvalue weighted by Crippen LogP contribution is 2.57. The van der Waals surface area contributed by atoms with E-state index in [1.165, 1.54) is 10.6 Å². The molecule has 0 N–H and O–H groups in total. The fraction of sp³-hybridized carbons (Fsp3) is 0.391. The normalized spacial score (nSPS) is 12.4. The summed E-state index contributed by atoms with van der Waals surface area (Å²) in [6, 6.07) is 22.1. The van der Waals surface area contributed by atoms with E-state index >= 15 is 0 Å². The Morgan fingerprint density at radius 1 is 0.680 bits per heavy atom. The topological polar surface area (TPSA) is 0 Å². The Hall–Kier alpha value is -1.17. The molecule has 0 unspecified atom stereocenters. The Labute approximate surface area is 157 Å². The van der Waals surface area contributed by atoms with Crippen LogP contribution in [0.1, 0.15) is 41.5 Å². The van der Waals surface area contributed by atoms with Crippen LogP contribution in [0.4, 0.5) is 0 Å². The van der Waals surface area contributed by atoms with E-state index in [4.69, 9.17) is 6.58 Å². The molecule has 0 heterocycles. The molecule has 2 heteroatoms. The van der Waals surface area contributed by atoms with Gasteiger partial charge in [0.2, 0.25) is 0 Å². The zero-order valence-corrected chi connectivity index (χ0v) is 18.6. The van der Waals surface area contributed by atoms with E-state index in [2.05, 4.69) is 102 Å². The van der Waals surface area contributed by atoms with Gasteiger partial charge in [-0.2, -0.15) is 0 Å². The quantitative estimate of drug-likeness (QED) is 0.370. The molecule has 2 aromatic rings. The zero-order valence-electron chi connectivity index (χ0n) is 16.7. The average molecular weight is 369 g/mol. The second-order valence-electron chi connectivity index (χ2n) is 7.85. The van der Waals surface area contributed by atoms with Crippen molar-refractivity contribution in [2.45, 2.75) is 58.2 Å². The van der Waals surface area contributed by atoms with Gasteiger partial charge >= 0.3 is 0 Å². The zero-order chi connectivity index (χ0) is 18.6. The number of hydrogen-bond acceptors (Lipinski definition) is 0. The van der Waals surface area contributed by atoms with E-state index in [0.29, 0.717) is 16.6 Å². The molecule has 0 fully saturated rings. The van der Waals surface area contributed by atoms with Crippen LogP contribution in [-0.2, 0) is 0 Å². The third-order valence-corrected chi connectivity index (χ3v) is 16.4. The van der Waals surface area contributed by atoms with Crippen molar-refractivity contribution in [3.05, 3.63) is 72.2 Å². The summed E-state index contributed by atoms with van der Waals surface area (Å²) in [5.74, 6) is 0. The molecule has 0 aliphatic carbocycles. The first-order chi connectivity index (χ1) is 11.8. The second kappa shape index (κ2) is 8.47. The van der Waals surface area contributed by atoms with Gasteiger partial charge < -0.3 is 0 Å². The summed E-state index contributed by atoms with van der Waals surface area (Å²) < 4.78 is 0. The van der Waals surface area contributed by atoms with E-state index in [1.54, 1.807) is 4.94 Å². The first-order valence-corrected chi connectivity index (χ1v) is 13.0. The standard InChI is InChI=1S/C23H33PSi/c1-18(2)25(19(3)4,20(5)6)21(7)24(22-14-10-8-11-15-22)23-16-12-9-13-17-23/h8-20H,7H2,1-6H3. The molecule has 0 radical (unpaired) electrons. The molecule has 2 aromatic carbocycles. The Morgan fingerprint density at radius 3 is 1.28 bits per heavy atom. The van der Waals surface area contributed by atoms with Gasteiger partial charge in [0, 0.05) is 0 Å². The summed E-state index contributed by atoms with van der Waals surface area (Å²) in [6.45, 7) is 19.4. The smallest absolute Gasteiger partial charge is 0.0949 e. The third-order valence-electron chi connectivity index (χ3n) is 5.66. The maximum atomic E-state index is 4.83. The summed E-state index contributed by atoms with van der Waals surface area (Å²) in [4.78, 5) is 1.56. The van der Waals surface area contributed by atoms with Crippen molar-refractivity contribution in [2.75, 3.05) is 0 Å². The minimum atomic E-state index is -1.73.